The van der Waals surface area contributed by atoms with E-state index in [4.69, 9.17) is 4.74 Å². The van der Waals surface area contributed by atoms with Gasteiger partial charge in [0.1, 0.15) is 5.75 Å². The molecule has 2 nitrogen and oxygen atoms in total. The number of hydrogen-bond donors (Lipinski definition) is 0. The van der Waals surface area contributed by atoms with Gasteiger partial charge in [0.15, 0.2) is 0 Å². The van der Waals surface area contributed by atoms with Gasteiger partial charge >= 0.3 is 0 Å². The van der Waals surface area contributed by atoms with Gasteiger partial charge < -0.3 is 4.74 Å². The van der Waals surface area contributed by atoms with Crippen molar-refractivity contribution in [2.45, 2.75) is 6.92 Å². The summed E-state index contributed by atoms with van der Waals surface area (Å²) in [7, 11) is 1.66. The minimum Gasteiger partial charge on any atom is -0.497 e. The van der Waals surface area contributed by atoms with Gasteiger partial charge in [-0.3, -0.25) is 5.32 Å². The fraction of sp³-hybridized carbons (Fsp3) is 0.200. The van der Waals surface area contributed by atoms with Crippen molar-refractivity contribution in [2.75, 3.05) is 7.11 Å². The first-order valence-corrected chi connectivity index (χ1v) is 3.87. The Kier molecular flexibility index (Phi) is 1.54. The van der Waals surface area contributed by atoms with Crippen LogP contribution in [0.15, 0.2) is 23.9 Å². The average molecular weight is 160 g/mol. The lowest BCUT2D eigenvalue weighted by molar-refractivity contribution is 0.415. The molecule has 1 heterocycles. The zero-order valence-electron chi connectivity index (χ0n) is 7.16. The Bertz CT molecular complexity index is 342. The van der Waals surface area contributed by atoms with Gasteiger partial charge in [-0.2, -0.15) is 0 Å². The molecule has 0 atom stereocenters. The summed E-state index contributed by atoms with van der Waals surface area (Å²) >= 11 is 0. The molecule has 0 saturated heterocycles. The van der Waals surface area contributed by atoms with Crippen LogP contribution in [0.1, 0.15) is 12.5 Å². The van der Waals surface area contributed by atoms with Crippen molar-refractivity contribution in [3.63, 3.8) is 0 Å². The Hall–Kier alpha value is -1.44. The van der Waals surface area contributed by atoms with Crippen molar-refractivity contribution in [1.82, 2.24) is 5.32 Å². The number of allylic oxidation sites excluding steroid dienone is 1. The first kappa shape index (κ1) is 7.22. The summed E-state index contributed by atoms with van der Waals surface area (Å²) in [5, 5.41) is 4.34. The summed E-state index contributed by atoms with van der Waals surface area (Å²) in [5.41, 5.74) is 3.23. The van der Waals surface area contributed by atoms with E-state index in [1.54, 1.807) is 7.11 Å². The van der Waals surface area contributed by atoms with Crippen LogP contribution in [0.25, 0.3) is 6.08 Å². The Morgan fingerprint density at radius 2 is 2.17 bits per heavy atom. The summed E-state index contributed by atoms with van der Waals surface area (Å²) in [6, 6.07) is 5.92. The van der Waals surface area contributed by atoms with Gasteiger partial charge in [-0.1, -0.05) is 0 Å². The van der Waals surface area contributed by atoms with Gasteiger partial charge in [-0.15, -0.1) is 0 Å². The second-order valence-corrected chi connectivity index (χ2v) is 2.82. The van der Waals surface area contributed by atoms with Crippen LogP contribution in [0.3, 0.4) is 0 Å². The first-order valence-electron chi connectivity index (χ1n) is 3.87. The smallest absolute Gasteiger partial charge is 0.121 e. The fourth-order valence-electron chi connectivity index (χ4n) is 1.32. The van der Waals surface area contributed by atoms with Crippen molar-refractivity contribution in [3.8, 4) is 5.75 Å². The summed E-state index contributed by atoms with van der Waals surface area (Å²) in [4.78, 5) is 0. The van der Waals surface area contributed by atoms with Crippen molar-refractivity contribution >= 4 is 11.8 Å². The lowest BCUT2D eigenvalue weighted by Gasteiger charge is -2.01. The number of hydrogen-bond acceptors (Lipinski definition) is 1. The number of fused-ring (bicyclic) bond motifs is 1. The Balaban J connectivity index is 2.42. The molecule has 0 aliphatic carbocycles. The predicted molar refractivity (Wildman–Crippen MR) is 48.4 cm³/mol. The highest BCUT2D eigenvalue weighted by Crippen LogP contribution is 2.30. The summed E-state index contributed by atoms with van der Waals surface area (Å²) < 4.78 is 5.09. The van der Waals surface area contributed by atoms with E-state index in [9.17, 15) is 0 Å². The van der Waals surface area contributed by atoms with E-state index in [0.717, 1.165) is 17.1 Å². The molecule has 0 bridgehead atoms. The number of benzene rings is 1. The number of rotatable bonds is 1. The fourth-order valence-corrected chi connectivity index (χ4v) is 1.32. The van der Waals surface area contributed by atoms with E-state index in [-0.39, 0.29) is 0 Å². The molecule has 12 heavy (non-hydrogen) atoms. The Morgan fingerprint density at radius 1 is 1.33 bits per heavy atom. The zero-order chi connectivity index (χ0) is 8.55. The van der Waals surface area contributed by atoms with Gasteiger partial charge in [-0.25, -0.2) is 0 Å². The molecule has 0 fully saturated rings. The molecule has 0 amide bonds. The van der Waals surface area contributed by atoms with E-state index in [2.05, 4.69) is 11.4 Å². The van der Waals surface area contributed by atoms with Crippen LogP contribution in [-0.4, -0.2) is 7.11 Å². The third kappa shape index (κ3) is 1.05. The van der Waals surface area contributed by atoms with Crippen molar-refractivity contribution in [1.29, 1.82) is 0 Å². The minimum atomic E-state index is 0.862. The highest BCUT2D eigenvalue weighted by Gasteiger charge is 2.10. The predicted octanol–water partition coefficient (Wildman–Crippen LogP) is 2.31. The SMILES string of the molecule is COc1ccc2c(c1)[N]C(C)=C2. The molecule has 0 unspecified atom stereocenters. The van der Waals surface area contributed by atoms with Gasteiger partial charge in [0, 0.05) is 17.3 Å². The van der Waals surface area contributed by atoms with Gasteiger partial charge in [0.25, 0.3) is 0 Å². The summed E-state index contributed by atoms with van der Waals surface area (Å²) in [6.07, 6.45) is 2.06. The number of methoxy groups -OCH3 is 1. The van der Waals surface area contributed by atoms with Crippen LogP contribution >= 0.6 is 0 Å². The zero-order valence-corrected chi connectivity index (χ0v) is 7.16. The maximum absolute atomic E-state index is 5.09. The van der Waals surface area contributed by atoms with Gasteiger partial charge in [0.05, 0.1) is 12.8 Å². The maximum Gasteiger partial charge on any atom is 0.121 e. The molecule has 1 radical (unpaired) electrons. The molecule has 0 saturated carbocycles. The van der Waals surface area contributed by atoms with E-state index in [1.807, 2.05) is 25.1 Å². The maximum atomic E-state index is 5.09. The molecule has 2 rings (SSSR count). The van der Waals surface area contributed by atoms with Crippen molar-refractivity contribution < 1.29 is 4.74 Å². The average Bonchev–Trinajstić information content (AvgIpc) is 2.43. The quantitative estimate of drug-likeness (QED) is 0.618. The van der Waals surface area contributed by atoms with Crippen LogP contribution in [0.5, 0.6) is 5.75 Å². The van der Waals surface area contributed by atoms with Crippen LogP contribution < -0.4 is 10.1 Å². The van der Waals surface area contributed by atoms with E-state index >= 15 is 0 Å². The molecule has 1 aromatic rings. The Labute approximate surface area is 71.9 Å². The molecular formula is C10H10NO. The molecule has 61 valence electrons. The van der Waals surface area contributed by atoms with E-state index < -0.39 is 0 Å². The topological polar surface area (TPSA) is 23.3 Å². The highest BCUT2D eigenvalue weighted by molar-refractivity contribution is 5.72. The minimum absolute atomic E-state index is 0.862. The molecule has 0 N–H and O–H groups in total. The van der Waals surface area contributed by atoms with Gasteiger partial charge in [-0.05, 0) is 25.1 Å². The molecule has 0 spiro atoms. The van der Waals surface area contributed by atoms with Gasteiger partial charge in [0.2, 0.25) is 0 Å². The lowest BCUT2D eigenvalue weighted by atomic mass is 10.2. The van der Waals surface area contributed by atoms with Crippen molar-refractivity contribution in [2.24, 2.45) is 0 Å². The summed E-state index contributed by atoms with van der Waals surface area (Å²) in [6.45, 7) is 1.99. The van der Waals surface area contributed by atoms with E-state index in [0.29, 0.717) is 0 Å². The highest BCUT2D eigenvalue weighted by atomic mass is 16.5. The lowest BCUT2D eigenvalue weighted by Crippen LogP contribution is -1.88. The third-order valence-electron chi connectivity index (χ3n) is 1.90. The monoisotopic (exact) mass is 160 g/mol. The van der Waals surface area contributed by atoms with Crippen LogP contribution in [-0.2, 0) is 0 Å². The molecule has 1 aliphatic heterocycles. The number of nitrogens with zero attached hydrogens (tertiary/aromatic N) is 1. The third-order valence-corrected chi connectivity index (χ3v) is 1.90. The molecule has 1 aromatic carbocycles. The largest absolute Gasteiger partial charge is 0.497 e. The molecule has 1 aliphatic rings. The normalized spacial score (nSPS) is 13.3. The van der Waals surface area contributed by atoms with E-state index in [1.165, 1.54) is 5.56 Å². The second kappa shape index (κ2) is 2.55. The molecule has 2 heteroatoms. The van der Waals surface area contributed by atoms with Crippen LogP contribution in [0.2, 0.25) is 0 Å². The standard InChI is InChI=1S/C10H10NO/c1-7-5-8-3-4-9(12-2)6-10(8)11-7/h3-6H,1-2H3. The first-order chi connectivity index (χ1) is 5.79. The van der Waals surface area contributed by atoms with Crippen LogP contribution in [0.4, 0.5) is 5.69 Å². The Morgan fingerprint density at radius 3 is 2.92 bits per heavy atom. The second-order valence-electron chi connectivity index (χ2n) is 2.82. The number of ether oxygens (including phenoxy) is 1. The summed E-state index contributed by atoms with van der Waals surface area (Å²) in [5.74, 6) is 0.862. The molecule has 0 aromatic heterocycles. The van der Waals surface area contributed by atoms with Crippen LogP contribution in [0, 0.1) is 0 Å². The van der Waals surface area contributed by atoms with Crippen molar-refractivity contribution in [3.05, 3.63) is 29.5 Å². The molecular weight excluding hydrogens is 150 g/mol.